The Morgan fingerprint density at radius 1 is 1.32 bits per heavy atom. The summed E-state index contributed by atoms with van der Waals surface area (Å²) in [6.07, 6.45) is 3.58. The van der Waals surface area contributed by atoms with Gasteiger partial charge in [-0.2, -0.15) is 5.10 Å². The first-order valence-corrected chi connectivity index (χ1v) is 10.7. The first kappa shape index (κ1) is 22.9. The van der Waals surface area contributed by atoms with Crippen LogP contribution < -0.4 is 5.32 Å². The number of hydrogen-bond acceptors (Lipinski definition) is 6. The molecule has 2 amide bonds. The lowest BCUT2D eigenvalue weighted by Crippen LogP contribution is -2.41. The molecular weight excluding hydrogens is 398 g/mol. The predicted molar refractivity (Wildman–Crippen MR) is 115 cm³/mol. The Kier molecular flexibility index (Phi) is 7.09. The second kappa shape index (κ2) is 9.59. The summed E-state index contributed by atoms with van der Waals surface area (Å²) in [6, 6.07) is 1.90. The van der Waals surface area contributed by atoms with Crippen LogP contribution in [-0.4, -0.2) is 74.8 Å². The molecule has 1 fully saturated rings. The fraction of sp³-hybridized carbons (Fsp3) is 0.667. The lowest BCUT2D eigenvalue weighted by molar-refractivity contribution is 0.0648. The van der Waals surface area contributed by atoms with Gasteiger partial charge in [0.2, 0.25) is 0 Å². The fourth-order valence-corrected chi connectivity index (χ4v) is 3.71. The number of hydrogen-bond donors (Lipinski definition) is 1. The molecule has 1 aliphatic rings. The van der Waals surface area contributed by atoms with Crippen molar-refractivity contribution in [1.82, 2.24) is 35.0 Å². The number of carbonyl (C=O) groups is 2. The van der Waals surface area contributed by atoms with E-state index in [4.69, 9.17) is 4.74 Å². The molecule has 10 heteroatoms. The molecule has 0 bridgehead atoms. The molecule has 3 heterocycles. The number of rotatable bonds is 7. The van der Waals surface area contributed by atoms with Crippen LogP contribution >= 0.6 is 0 Å². The van der Waals surface area contributed by atoms with Gasteiger partial charge in [-0.1, -0.05) is 26.0 Å². The van der Waals surface area contributed by atoms with E-state index in [-0.39, 0.29) is 28.8 Å². The van der Waals surface area contributed by atoms with Gasteiger partial charge in [-0.15, -0.1) is 5.10 Å². The number of aromatic nitrogens is 5. The van der Waals surface area contributed by atoms with Crippen molar-refractivity contribution in [3.63, 3.8) is 0 Å². The van der Waals surface area contributed by atoms with Gasteiger partial charge in [-0.05, 0) is 24.8 Å². The van der Waals surface area contributed by atoms with Crippen molar-refractivity contribution in [2.45, 2.75) is 45.6 Å². The maximum atomic E-state index is 13.1. The van der Waals surface area contributed by atoms with E-state index in [1.807, 2.05) is 18.0 Å². The van der Waals surface area contributed by atoms with Gasteiger partial charge in [0, 0.05) is 45.8 Å². The predicted octanol–water partition coefficient (Wildman–Crippen LogP) is 1.24. The van der Waals surface area contributed by atoms with Gasteiger partial charge in [-0.3, -0.25) is 19.0 Å². The van der Waals surface area contributed by atoms with E-state index in [1.165, 1.54) is 0 Å². The molecule has 1 saturated heterocycles. The summed E-state index contributed by atoms with van der Waals surface area (Å²) in [6.45, 7) is 9.12. The summed E-state index contributed by atoms with van der Waals surface area (Å²) in [5, 5.41) is 15.3. The minimum atomic E-state index is -0.269. The summed E-state index contributed by atoms with van der Waals surface area (Å²) in [7, 11) is 3.40. The van der Waals surface area contributed by atoms with E-state index in [0.717, 1.165) is 25.1 Å². The van der Waals surface area contributed by atoms with Crippen LogP contribution in [0.1, 0.15) is 60.3 Å². The van der Waals surface area contributed by atoms with E-state index in [9.17, 15) is 9.59 Å². The Morgan fingerprint density at radius 3 is 2.77 bits per heavy atom. The maximum Gasteiger partial charge on any atom is 0.273 e. The third-order valence-electron chi connectivity index (χ3n) is 5.48. The maximum absolute atomic E-state index is 13.1. The Hall–Kier alpha value is -2.75. The van der Waals surface area contributed by atoms with Crippen molar-refractivity contribution >= 4 is 11.8 Å². The smallest absolute Gasteiger partial charge is 0.273 e. The molecule has 0 saturated carbocycles. The summed E-state index contributed by atoms with van der Waals surface area (Å²) >= 11 is 0. The van der Waals surface area contributed by atoms with Crippen LogP contribution in [0, 0.1) is 5.92 Å². The topological polar surface area (TPSA) is 107 Å². The molecule has 0 aliphatic carbocycles. The quantitative estimate of drug-likeness (QED) is 0.661. The van der Waals surface area contributed by atoms with Gasteiger partial charge in [-0.25, -0.2) is 0 Å². The molecule has 0 aromatic carbocycles. The van der Waals surface area contributed by atoms with Crippen molar-refractivity contribution in [3.05, 3.63) is 29.3 Å². The lowest BCUT2D eigenvalue weighted by atomic mass is 9.92. The zero-order valence-electron chi connectivity index (χ0n) is 19.1. The number of amides is 2. The Morgan fingerprint density at radius 2 is 2.10 bits per heavy atom. The largest absolute Gasteiger partial charge is 0.383 e. The van der Waals surface area contributed by atoms with Crippen molar-refractivity contribution in [2.75, 3.05) is 33.4 Å². The Balaban J connectivity index is 1.61. The van der Waals surface area contributed by atoms with Crippen LogP contribution in [0.3, 0.4) is 0 Å². The number of likely N-dealkylation sites (tertiary alicyclic amines) is 1. The van der Waals surface area contributed by atoms with Crippen LogP contribution in [0.5, 0.6) is 0 Å². The standard InChI is InChI=1S/C21H33N7O3/c1-21(2,3)18-11-17(26(4)24-18)20(30)27-9-6-7-15(12-27)13-28-14-16(23-25-28)19(29)22-8-10-31-5/h11,14-15H,6-10,12-13H2,1-5H3,(H,22,29)/t15-/m0/s1. The molecule has 2 aromatic heterocycles. The van der Waals surface area contributed by atoms with Gasteiger partial charge in [0.05, 0.1) is 18.5 Å². The van der Waals surface area contributed by atoms with Crippen LogP contribution in [0.15, 0.2) is 12.3 Å². The van der Waals surface area contributed by atoms with Gasteiger partial charge >= 0.3 is 0 Å². The molecule has 10 nitrogen and oxygen atoms in total. The summed E-state index contributed by atoms with van der Waals surface area (Å²) < 4.78 is 8.29. The van der Waals surface area contributed by atoms with Gasteiger partial charge in [0.15, 0.2) is 5.69 Å². The molecule has 3 rings (SSSR count). The molecule has 170 valence electrons. The highest BCUT2D eigenvalue weighted by Crippen LogP contribution is 2.24. The molecule has 1 atom stereocenters. The molecule has 0 radical (unpaired) electrons. The average Bonchev–Trinajstić information content (AvgIpc) is 3.34. The highest BCUT2D eigenvalue weighted by atomic mass is 16.5. The minimum absolute atomic E-state index is 0.00648. The average molecular weight is 432 g/mol. The lowest BCUT2D eigenvalue weighted by Gasteiger charge is -2.32. The highest BCUT2D eigenvalue weighted by Gasteiger charge is 2.29. The van der Waals surface area contributed by atoms with Crippen LogP contribution in [0.2, 0.25) is 0 Å². The van der Waals surface area contributed by atoms with Gasteiger partial charge in [0.1, 0.15) is 5.69 Å². The van der Waals surface area contributed by atoms with Crippen molar-refractivity contribution in [3.8, 4) is 0 Å². The number of aryl methyl sites for hydroxylation is 1. The van der Waals surface area contributed by atoms with Crippen LogP contribution in [0.4, 0.5) is 0 Å². The Bertz CT molecular complexity index is 912. The molecule has 0 spiro atoms. The molecular formula is C21H33N7O3. The van der Waals surface area contributed by atoms with Gasteiger partial charge < -0.3 is 15.0 Å². The van der Waals surface area contributed by atoms with Crippen molar-refractivity contribution in [2.24, 2.45) is 13.0 Å². The van der Waals surface area contributed by atoms with E-state index >= 15 is 0 Å². The molecule has 1 aliphatic heterocycles. The first-order valence-electron chi connectivity index (χ1n) is 10.7. The number of methoxy groups -OCH3 is 1. The number of carbonyl (C=O) groups excluding carboxylic acids is 2. The van der Waals surface area contributed by atoms with E-state index in [2.05, 4.69) is 41.5 Å². The third kappa shape index (κ3) is 5.69. The van der Waals surface area contributed by atoms with E-state index < -0.39 is 0 Å². The number of ether oxygens (including phenoxy) is 1. The van der Waals surface area contributed by atoms with E-state index in [0.29, 0.717) is 31.9 Å². The molecule has 1 N–H and O–H groups in total. The first-order chi connectivity index (χ1) is 14.7. The van der Waals surface area contributed by atoms with Crippen molar-refractivity contribution in [1.29, 1.82) is 0 Å². The normalized spacial score (nSPS) is 17.1. The summed E-state index contributed by atoms with van der Waals surface area (Å²) in [5.41, 5.74) is 1.69. The van der Waals surface area contributed by atoms with Crippen molar-refractivity contribution < 1.29 is 14.3 Å². The second-order valence-corrected chi connectivity index (χ2v) is 9.12. The highest BCUT2D eigenvalue weighted by molar-refractivity contribution is 5.93. The summed E-state index contributed by atoms with van der Waals surface area (Å²) in [5.74, 6) is -0.0132. The minimum Gasteiger partial charge on any atom is -0.383 e. The number of nitrogens with one attached hydrogen (secondary N) is 1. The SMILES string of the molecule is COCCNC(=O)c1cn(C[C@H]2CCCN(C(=O)c3cc(C(C)(C)C)nn3C)C2)nn1. The number of nitrogens with zero attached hydrogens (tertiary/aromatic N) is 6. The number of piperidine rings is 1. The Labute approximate surface area is 182 Å². The van der Waals surface area contributed by atoms with Crippen LogP contribution in [0.25, 0.3) is 0 Å². The second-order valence-electron chi connectivity index (χ2n) is 9.12. The van der Waals surface area contributed by atoms with E-state index in [1.54, 1.807) is 22.7 Å². The zero-order chi connectivity index (χ0) is 22.6. The van der Waals surface area contributed by atoms with Gasteiger partial charge in [0.25, 0.3) is 11.8 Å². The third-order valence-corrected chi connectivity index (χ3v) is 5.48. The summed E-state index contributed by atoms with van der Waals surface area (Å²) in [4.78, 5) is 27.1. The van der Waals surface area contributed by atoms with Crippen LogP contribution in [-0.2, 0) is 23.7 Å². The fourth-order valence-electron chi connectivity index (χ4n) is 3.71. The molecule has 2 aromatic rings. The molecule has 31 heavy (non-hydrogen) atoms. The molecule has 0 unspecified atom stereocenters. The zero-order valence-corrected chi connectivity index (χ0v) is 19.1. The monoisotopic (exact) mass is 431 g/mol.